The van der Waals surface area contributed by atoms with Crippen LogP contribution in [0.25, 0.3) is 0 Å². The Kier molecular flexibility index (Phi) is 3.11. The molecular weight excluding hydrogens is 230 g/mol. The van der Waals surface area contributed by atoms with Gasteiger partial charge in [0, 0.05) is 19.0 Å². The highest BCUT2D eigenvalue weighted by Crippen LogP contribution is 2.38. The van der Waals surface area contributed by atoms with Crippen molar-refractivity contribution in [1.82, 2.24) is 15.0 Å². The summed E-state index contributed by atoms with van der Waals surface area (Å²) >= 11 is 0. The van der Waals surface area contributed by atoms with E-state index >= 15 is 0 Å². The van der Waals surface area contributed by atoms with Gasteiger partial charge in [0.1, 0.15) is 0 Å². The van der Waals surface area contributed by atoms with Crippen molar-refractivity contribution < 1.29 is 9.26 Å². The smallest absolute Gasteiger partial charge is 0.243 e. The molecule has 5 heteroatoms. The summed E-state index contributed by atoms with van der Waals surface area (Å²) in [5.74, 6) is 2.20. The first-order chi connectivity index (χ1) is 8.63. The topological polar surface area (TPSA) is 51.4 Å². The van der Waals surface area contributed by atoms with E-state index in [9.17, 15) is 0 Å². The Morgan fingerprint density at radius 3 is 2.50 bits per heavy atom. The van der Waals surface area contributed by atoms with E-state index in [4.69, 9.17) is 9.26 Å². The number of rotatable bonds is 3. The lowest BCUT2D eigenvalue weighted by Crippen LogP contribution is -2.46. The summed E-state index contributed by atoms with van der Waals surface area (Å²) in [5, 5.41) is 4.09. The average Bonchev–Trinajstić information content (AvgIpc) is 3.05. The maximum atomic E-state index is 5.75. The first kappa shape index (κ1) is 12.1. The highest BCUT2D eigenvalue weighted by atomic mass is 16.5. The Balaban J connectivity index is 1.69. The summed E-state index contributed by atoms with van der Waals surface area (Å²) in [4.78, 5) is 6.90. The van der Waals surface area contributed by atoms with E-state index in [0.29, 0.717) is 5.92 Å². The van der Waals surface area contributed by atoms with Crippen molar-refractivity contribution in [3.05, 3.63) is 11.7 Å². The van der Waals surface area contributed by atoms with Crippen LogP contribution in [0.1, 0.15) is 57.3 Å². The van der Waals surface area contributed by atoms with Gasteiger partial charge < -0.3 is 9.26 Å². The molecule has 2 aliphatic rings. The van der Waals surface area contributed by atoms with Crippen molar-refractivity contribution >= 4 is 0 Å². The monoisotopic (exact) mass is 251 g/mol. The lowest BCUT2D eigenvalue weighted by Gasteiger charge is -2.37. The van der Waals surface area contributed by atoms with Crippen molar-refractivity contribution in [3.63, 3.8) is 0 Å². The third kappa shape index (κ3) is 2.42. The van der Waals surface area contributed by atoms with Crippen LogP contribution >= 0.6 is 0 Å². The van der Waals surface area contributed by atoms with Gasteiger partial charge in [-0.2, -0.15) is 4.98 Å². The van der Waals surface area contributed by atoms with Crippen molar-refractivity contribution in [2.45, 2.75) is 57.8 Å². The van der Waals surface area contributed by atoms with Crippen LogP contribution in [0.3, 0.4) is 0 Å². The largest absolute Gasteiger partial charge is 0.373 e. The second-order valence-electron chi connectivity index (χ2n) is 5.65. The highest BCUT2D eigenvalue weighted by molar-refractivity contribution is 5.05. The van der Waals surface area contributed by atoms with E-state index in [2.05, 4.69) is 35.8 Å². The Labute approximate surface area is 107 Å². The first-order valence-electron chi connectivity index (χ1n) is 6.86. The molecule has 0 bridgehead atoms. The molecular formula is C13H21N3O2. The zero-order valence-corrected chi connectivity index (χ0v) is 11.3. The Hall–Kier alpha value is -0.940. The lowest BCUT2D eigenvalue weighted by molar-refractivity contribution is -0.0818. The molecule has 2 fully saturated rings. The molecule has 3 rings (SSSR count). The molecule has 0 aromatic carbocycles. The van der Waals surface area contributed by atoms with Crippen molar-refractivity contribution in [2.24, 2.45) is 0 Å². The summed E-state index contributed by atoms with van der Waals surface area (Å²) in [6.45, 7) is 8.20. The molecule has 1 saturated carbocycles. The second-order valence-corrected chi connectivity index (χ2v) is 5.65. The molecule has 3 atom stereocenters. The summed E-state index contributed by atoms with van der Waals surface area (Å²) in [6.07, 6.45) is 2.95. The normalized spacial score (nSPS) is 31.5. The van der Waals surface area contributed by atoms with Gasteiger partial charge in [0.15, 0.2) is 5.82 Å². The number of nitrogens with zero attached hydrogens (tertiary/aromatic N) is 3. The first-order valence-corrected chi connectivity index (χ1v) is 6.86. The van der Waals surface area contributed by atoms with E-state index in [1.807, 2.05) is 0 Å². The second kappa shape index (κ2) is 4.63. The van der Waals surface area contributed by atoms with Crippen molar-refractivity contribution in [1.29, 1.82) is 0 Å². The van der Waals surface area contributed by atoms with Crippen LogP contribution < -0.4 is 0 Å². The molecule has 100 valence electrons. The molecule has 0 radical (unpaired) electrons. The molecule has 0 amide bonds. The summed E-state index contributed by atoms with van der Waals surface area (Å²) in [7, 11) is 0. The summed E-state index contributed by atoms with van der Waals surface area (Å²) in [5.41, 5.74) is 0. The van der Waals surface area contributed by atoms with Gasteiger partial charge in [0.25, 0.3) is 0 Å². The zero-order valence-electron chi connectivity index (χ0n) is 11.3. The summed E-state index contributed by atoms with van der Waals surface area (Å²) < 4.78 is 11.2. The van der Waals surface area contributed by atoms with Crippen LogP contribution in [0, 0.1) is 0 Å². The van der Waals surface area contributed by atoms with Gasteiger partial charge >= 0.3 is 0 Å². The van der Waals surface area contributed by atoms with Gasteiger partial charge in [-0.3, -0.25) is 4.90 Å². The van der Waals surface area contributed by atoms with Crippen molar-refractivity contribution in [2.75, 3.05) is 13.1 Å². The number of aromatic nitrogens is 2. The SMILES string of the molecule is CC1CN(C(C)c2nc(C3CC3)no2)CC(C)O1. The molecule has 1 aromatic rings. The maximum absolute atomic E-state index is 5.75. The molecule has 0 spiro atoms. The van der Waals surface area contributed by atoms with Crippen LogP contribution in [0.5, 0.6) is 0 Å². The Morgan fingerprint density at radius 2 is 1.89 bits per heavy atom. The van der Waals surface area contributed by atoms with E-state index in [-0.39, 0.29) is 18.2 Å². The average molecular weight is 251 g/mol. The van der Waals surface area contributed by atoms with Gasteiger partial charge in [-0.05, 0) is 33.6 Å². The number of ether oxygens (including phenoxy) is 1. The molecule has 18 heavy (non-hydrogen) atoms. The van der Waals surface area contributed by atoms with Crippen LogP contribution in [0.4, 0.5) is 0 Å². The van der Waals surface area contributed by atoms with Crippen LogP contribution in [0.15, 0.2) is 4.52 Å². The molecule has 1 saturated heterocycles. The van der Waals surface area contributed by atoms with E-state index < -0.39 is 0 Å². The fraction of sp³-hybridized carbons (Fsp3) is 0.846. The van der Waals surface area contributed by atoms with E-state index in [0.717, 1.165) is 24.8 Å². The van der Waals surface area contributed by atoms with Gasteiger partial charge in [-0.25, -0.2) is 0 Å². The number of morpholine rings is 1. The Bertz CT molecular complexity index is 406. The zero-order chi connectivity index (χ0) is 12.7. The fourth-order valence-electron chi connectivity index (χ4n) is 2.61. The van der Waals surface area contributed by atoms with Crippen LogP contribution in [0.2, 0.25) is 0 Å². The molecule has 3 unspecified atom stereocenters. The molecule has 5 nitrogen and oxygen atoms in total. The molecule has 1 aromatic heterocycles. The van der Waals surface area contributed by atoms with E-state index in [1.165, 1.54) is 12.8 Å². The Morgan fingerprint density at radius 1 is 1.22 bits per heavy atom. The fourth-order valence-corrected chi connectivity index (χ4v) is 2.61. The van der Waals surface area contributed by atoms with E-state index in [1.54, 1.807) is 0 Å². The standard InChI is InChI=1S/C13H21N3O2/c1-8-6-16(7-9(2)17-8)10(3)13-14-12(15-18-13)11-4-5-11/h8-11H,4-7H2,1-3H3. The molecule has 1 aliphatic heterocycles. The minimum Gasteiger partial charge on any atom is -0.373 e. The predicted molar refractivity (Wildman–Crippen MR) is 66.3 cm³/mol. The third-order valence-electron chi connectivity index (χ3n) is 3.75. The number of hydrogen-bond acceptors (Lipinski definition) is 5. The highest BCUT2D eigenvalue weighted by Gasteiger charge is 2.32. The molecule has 1 aliphatic carbocycles. The van der Waals surface area contributed by atoms with Gasteiger partial charge in [-0.1, -0.05) is 5.16 Å². The lowest BCUT2D eigenvalue weighted by atomic mass is 10.2. The minimum absolute atomic E-state index is 0.179. The van der Waals surface area contributed by atoms with Gasteiger partial charge in [0.05, 0.1) is 18.2 Å². The quantitative estimate of drug-likeness (QED) is 0.823. The maximum Gasteiger partial charge on any atom is 0.243 e. The summed E-state index contributed by atoms with van der Waals surface area (Å²) in [6, 6.07) is 0.179. The van der Waals surface area contributed by atoms with Gasteiger partial charge in [0.2, 0.25) is 5.89 Å². The van der Waals surface area contributed by atoms with Gasteiger partial charge in [-0.15, -0.1) is 0 Å². The predicted octanol–water partition coefficient (Wildman–Crippen LogP) is 2.12. The molecule has 2 heterocycles. The molecule has 0 N–H and O–H groups in total. The van der Waals surface area contributed by atoms with Crippen molar-refractivity contribution in [3.8, 4) is 0 Å². The minimum atomic E-state index is 0.179. The third-order valence-corrected chi connectivity index (χ3v) is 3.75. The van der Waals surface area contributed by atoms with Crippen LogP contribution in [-0.2, 0) is 4.74 Å². The number of hydrogen-bond donors (Lipinski definition) is 0. The van der Waals surface area contributed by atoms with Crippen LogP contribution in [-0.4, -0.2) is 40.3 Å².